The van der Waals surface area contributed by atoms with Gasteiger partial charge in [-0.3, -0.25) is 25.2 Å². The molecule has 4 unspecified atom stereocenters. The van der Waals surface area contributed by atoms with Gasteiger partial charge < -0.3 is 29.8 Å². The maximum Gasteiger partial charge on any atom is 0.238 e. The molecule has 0 aliphatic carbocycles. The highest BCUT2D eigenvalue weighted by atomic mass is 16.5. The maximum absolute atomic E-state index is 13.1. The Morgan fingerprint density at radius 2 is 1.96 bits per heavy atom. The number of aromatic amines is 1. The molecule has 4 aromatic rings. The molecule has 0 saturated carbocycles. The zero-order valence-electron chi connectivity index (χ0n) is 25.5. The number of carbonyl (C=O) groups is 2. The van der Waals surface area contributed by atoms with Crippen LogP contribution in [0.5, 0.6) is 5.75 Å². The molecule has 7 heterocycles. The predicted molar refractivity (Wildman–Crippen MR) is 173 cm³/mol. The number of benzene rings is 2. The van der Waals surface area contributed by atoms with Crippen LogP contribution >= 0.6 is 0 Å². The third-order valence-corrected chi connectivity index (χ3v) is 10.2. The fourth-order valence-corrected chi connectivity index (χ4v) is 7.75. The second kappa shape index (κ2) is 11.1. The van der Waals surface area contributed by atoms with Crippen LogP contribution in [0.25, 0.3) is 33.4 Å². The monoisotopic (exact) mass is 619 g/mol. The van der Waals surface area contributed by atoms with Crippen molar-refractivity contribution < 1.29 is 14.3 Å². The van der Waals surface area contributed by atoms with Gasteiger partial charge >= 0.3 is 0 Å². The first-order valence-electron chi connectivity index (χ1n) is 16.4. The van der Waals surface area contributed by atoms with Crippen molar-refractivity contribution in [2.75, 3.05) is 26.3 Å². The number of rotatable bonds is 6. The standard InChI is InChI=1S/C34H37N9O3/c44-31(14-24-34(45)39-17-38-24)42-10-2-4-28(42)33-37-16-25(41-33)19-6-8-27-21(11-19)12-29-22-7-5-20(13-30(22)46-18-43(27)29)26-15-36-32(40-26)23-3-1-9-35-23/h5-8,11-13,16,23-24,28,32,35-36,38H,1-4,9-10,14-15,17-18H2,(H,37,41)(H,39,45). The molecule has 2 aromatic carbocycles. The summed E-state index contributed by atoms with van der Waals surface area (Å²) in [5.41, 5.74) is 7.47. The van der Waals surface area contributed by atoms with E-state index in [0.29, 0.717) is 26.0 Å². The first-order valence-corrected chi connectivity index (χ1v) is 16.4. The van der Waals surface area contributed by atoms with Crippen LogP contribution in [0.1, 0.15) is 49.5 Å². The van der Waals surface area contributed by atoms with E-state index in [1.807, 2.05) is 11.1 Å². The molecule has 2 aromatic heterocycles. The van der Waals surface area contributed by atoms with Gasteiger partial charge in [-0.1, -0.05) is 12.1 Å². The molecular weight excluding hydrogens is 582 g/mol. The lowest BCUT2D eigenvalue weighted by atomic mass is 10.0. The Kier molecular flexibility index (Phi) is 6.68. The third-order valence-electron chi connectivity index (χ3n) is 10.2. The van der Waals surface area contributed by atoms with Crippen LogP contribution in [0.4, 0.5) is 0 Å². The SMILES string of the molecule is O=C1NCNC1CC(=O)N1CCCC1c1ncc(-c2ccc3c(c2)cc2n3COc3cc(C4=NC(C5CCCN5)NC4)ccc3-2)[nH]1. The number of ether oxygens (including phenoxy) is 1. The van der Waals surface area contributed by atoms with E-state index in [4.69, 9.17) is 14.7 Å². The molecule has 2 amide bonds. The molecule has 3 fully saturated rings. The molecule has 12 nitrogen and oxygen atoms in total. The highest BCUT2D eigenvalue weighted by molar-refractivity contribution is 6.04. The van der Waals surface area contributed by atoms with Gasteiger partial charge in [-0.05, 0) is 62.6 Å². The molecular formula is C34H37N9O3. The second-order valence-electron chi connectivity index (χ2n) is 12.9. The Hall–Kier alpha value is -4.52. The summed E-state index contributed by atoms with van der Waals surface area (Å²) in [6.07, 6.45) is 6.28. The van der Waals surface area contributed by atoms with Gasteiger partial charge in [0.2, 0.25) is 11.8 Å². The molecule has 3 saturated heterocycles. The van der Waals surface area contributed by atoms with Crippen molar-refractivity contribution in [1.82, 2.24) is 40.7 Å². The van der Waals surface area contributed by atoms with Crippen LogP contribution in [0.2, 0.25) is 0 Å². The van der Waals surface area contributed by atoms with E-state index in [0.717, 1.165) is 88.6 Å². The van der Waals surface area contributed by atoms with Crippen molar-refractivity contribution in [3.05, 3.63) is 60.0 Å². The first-order chi connectivity index (χ1) is 22.6. The van der Waals surface area contributed by atoms with Crippen molar-refractivity contribution >= 4 is 28.4 Å². The number of nitrogens with zero attached hydrogens (tertiary/aromatic N) is 4. The lowest BCUT2D eigenvalue weighted by Gasteiger charge is -2.24. The van der Waals surface area contributed by atoms with Gasteiger partial charge in [0.05, 0.1) is 54.0 Å². The summed E-state index contributed by atoms with van der Waals surface area (Å²) < 4.78 is 8.52. The van der Waals surface area contributed by atoms with Crippen LogP contribution in [-0.2, 0) is 16.3 Å². The average molecular weight is 620 g/mol. The number of fused-ring (bicyclic) bond motifs is 5. The number of nitrogens with one attached hydrogen (secondary N) is 5. The minimum absolute atomic E-state index is 0.0242. The Labute approximate surface area is 266 Å². The van der Waals surface area contributed by atoms with E-state index in [9.17, 15) is 9.59 Å². The molecule has 5 aliphatic heterocycles. The Morgan fingerprint density at radius 1 is 1.02 bits per heavy atom. The normalized spacial score (nSPS) is 25.4. The van der Waals surface area contributed by atoms with Crippen molar-refractivity contribution in [2.45, 2.75) is 63.1 Å². The van der Waals surface area contributed by atoms with Crippen LogP contribution in [0.3, 0.4) is 0 Å². The van der Waals surface area contributed by atoms with E-state index in [1.165, 1.54) is 6.42 Å². The zero-order valence-corrected chi connectivity index (χ0v) is 25.5. The number of carbonyl (C=O) groups excluding carboxylic acids is 2. The number of hydrogen-bond donors (Lipinski definition) is 5. The molecule has 236 valence electrons. The van der Waals surface area contributed by atoms with Crippen LogP contribution < -0.4 is 26.0 Å². The van der Waals surface area contributed by atoms with Crippen LogP contribution in [0, 0.1) is 0 Å². The molecule has 5 aliphatic rings. The van der Waals surface area contributed by atoms with E-state index in [-0.39, 0.29) is 30.4 Å². The zero-order chi connectivity index (χ0) is 30.8. The summed E-state index contributed by atoms with van der Waals surface area (Å²) in [6.45, 7) is 3.37. The van der Waals surface area contributed by atoms with Gasteiger partial charge in [0.15, 0.2) is 6.73 Å². The maximum atomic E-state index is 13.1. The molecule has 12 heteroatoms. The second-order valence-corrected chi connectivity index (χ2v) is 12.9. The Balaban J connectivity index is 0.950. The number of amides is 2. The number of likely N-dealkylation sites (tertiary alicyclic amines) is 1. The molecule has 9 rings (SSSR count). The summed E-state index contributed by atoms with van der Waals surface area (Å²) in [4.78, 5) is 40.2. The van der Waals surface area contributed by atoms with Gasteiger partial charge in [0.1, 0.15) is 17.7 Å². The summed E-state index contributed by atoms with van der Waals surface area (Å²) in [5, 5.41) is 14.0. The molecule has 5 N–H and O–H groups in total. The largest absolute Gasteiger partial charge is 0.472 e. The number of H-pyrrole nitrogens is 1. The topological polar surface area (TPSA) is 141 Å². The van der Waals surface area contributed by atoms with Gasteiger partial charge in [-0.15, -0.1) is 0 Å². The molecule has 46 heavy (non-hydrogen) atoms. The van der Waals surface area contributed by atoms with Gasteiger partial charge in [0.25, 0.3) is 0 Å². The number of hydrogen-bond acceptors (Lipinski definition) is 8. The molecule has 0 radical (unpaired) electrons. The smallest absolute Gasteiger partial charge is 0.238 e. The molecule has 0 bridgehead atoms. The predicted octanol–water partition coefficient (Wildman–Crippen LogP) is 2.62. The lowest BCUT2D eigenvalue weighted by molar-refractivity contribution is -0.134. The number of aliphatic imine (C=N–C) groups is 1. The van der Waals surface area contributed by atoms with Crippen molar-refractivity contribution in [3.8, 4) is 28.3 Å². The van der Waals surface area contributed by atoms with Crippen molar-refractivity contribution in [1.29, 1.82) is 0 Å². The fourth-order valence-electron chi connectivity index (χ4n) is 7.75. The van der Waals surface area contributed by atoms with Crippen LogP contribution in [-0.4, -0.2) is 81.5 Å². The summed E-state index contributed by atoms with van der Waals surface area (Å²) in [5.74, 6) is 1.53. The highest BCUT2D eigenvalue weighted by Crippen LogP contribution is 2.40. The minimum atomic E-state index is -0.467. The summed E-state index contributed by atoms with van der Waals surface area (Å²) in [6, 6.07) is 14.9. The first kappa shape index (κ1) is 27.8. The van der Waals surface area contributed by atoms with E-state index < -0.39 is 6.04 Å². The van der Waals surface area contributed by atoms with Gasteiger partial charge in [-0.25, -0.2) is 4.98 Å². The van der Waals surface area contributed by atoms with Gasteiger partial charge in [0, 0.05) is 41.2 Å². The summed E-state index contributed by atoms with van der Waals surface area (Å²) >= 11 is 0. The number of aromatic nitrogens is 3. The molecule has 0 spiro atoms. The van der Waals surface area contributed by atoms with E-state index in [2.05, 4.69) is 73.3 Å². The Morgan fingerprint density at radius 3 is 2.83 bits per heavy atom. The number of imidazole rings is 1. The summed E-state index contributed by atoms with van der Waals surface area (Å²) in [7, 11) is 0. The average Bonchev–Trinajstić information content (AvgIpc) is 3.92. The van der Waals surface area contributed by atoms with Crippen molar-refractivity contribution in [3.63, 3.8) is 0 Å². The Bertz CT molecular complexity index is 1890. The van der Waals surface area contributed by atoms with Crippen molar-refractivity contribution in [2.24, 2.45) is 4.99 Å². The minimum Gasteiger partial charge on any atom is -0.472 e. The lowest BCUT2D eigenvalue weighted by Crippen LogP contribution is -2.40. The third kappa shape index (κ3) is 4.70. The van der Waals surface area contributed by atoms with Crippen LogP contribution in [0.15, 0.2) is 53.7 Å². The quantitative estimate of drug-likeness (QED) is 0.224. The molecule has 4 atom stereocenters. The van der Waals surface area contributed by atoms with Gasteiger partial charge in [-0.2, -0.15) is 0 Å². The fraction of sp³-hybridized carbons (Fsp3) is 0.412. The van der Waals surface area contributed by atoms with E-state index in [1.54, 1.807) is 0 Å². The van der Waals surface area contributed by atoms with E-state index >= 15 is 0 Å². The highest BCUT2D eigenvalue weighted by Gasteiger charge is 2.35.